The van der Waals surface area contributed by atoms with Crippen molar-refractivity contribution in [1.29, 1.82) is 0 Å². The first-order valence-corrected chi connectivity index (χ1v) is 6.96. The molecule has 2 aromatic rings. The molecule has 102 valence electrons. The number of ether oxygens (including phenoxy) is 1. The fraction of sp³-hybridized carbons (Fsp3) is 0.417. The van der Waals surface area contributed by atoms with Gasteiger partial charge in [0, 0.05) is 18.9 Å². The number of para-hydroxylation sites is 1. The van der Waals surface area contributed by atoms with Crippen LogP contribution in [-0.2, 0) is 4.74 Å². The number of thioether (sulfide) groups is 1. The monoisotopic (exact) mass is 279 g/mol. The summed E-state index contributed by atoms with van der Waals surface area (Å²) in [6.07, 6.45) is 0. The Balaban J connectivity index is 2.04. The van der Waals surface area contributed by atoms with E-state index < -0.39 is 0 Å². The van der Waals surface area contributed by atoms with Crippen molar-refractivity contribution in [2.75, 3.05) is 26.5 Å². The molecule has 0 radical (unpaired) electrons. The molecule has 1 atom stereocenters. The van der Waals surface area contributed by atoms with Crippen molar-refractivity contribution in [2.45, 2.75) is 11.2 Å². The van der Waals surface area contributed by atoms with E-state index >= 15 is 0 Å². The second kappa shape index (κ2) is 7.22. The quantitative estimate of drug-likeness (QED) is 0.763. The van der Waals surface area contributed by atoms with E-state index in [1.165, 1.54) is 0 Å². The molecule has 0 bridgehead atoms. The normalized spacial score (nSPS) is 12.5. The zero-order valence-corrected chi connectivity index (χ0v) is 11.8. The summed E-state index contributed by atoms with van der Waals surface area (Å²) >= 11 is 1.61. The number of benzene rings is 1. The maximum Gasteiger partial charge on any atom is 0.214 e. The van der Waals surface area contributed by atoms with Crippen molar-refractivity contribution < 1.29 is 4.74 Å². The lowest BCUT2D eigenvalue weighted by Gasteiger charge is -2.13. The minimum Gasteiger partial charge on any atom is -0.383 e. The molecule has 0 aliphatic rings. The number of rotatable bonds is 7. The van der Waals surface area contributed by atoms with Crippen LogP contribution in [0.2, 0.25) is 0 Å². The Morgan fingerprint density at radius 2 is 2.16 bits per heavy atom. The van der Waals surface area contributed by atoms with Gasteiger partial charge < -0.3 is 10.1 Å². The van der Waals surface area contributed by atoms with Gasteiger partial charge in [0.25, 0.3) is 0 Å². The maximum absolute atomic E-state index is 5.15. The highest BCUT2D eigenvalue weighted by Crippen LogP contribution is 2.18. The Bertz CT molecular complexity index is 490. The van der Waals surface area contributed by atoms with Crippen molar-refractivity contribution in [3.8, 4) is 5.69 Å². The molecule has 1 aromatic heterocycles. The highest BCUT2D eigenvalue weighted by molar-refractivity contribution is 7.99. The lowest BCUT2D eigenvalue weighted by Crippen LogP contribution is -2.32. The molecule has 19 heavy (non-hydrogen) atoms. The summed E-state index contributed by atoms with van der Waals surface area (Å²) in [7, 11) is 3.62. The van der Waals surface area contributed by atoms with E-state index in [0.717, 1.165) is 16.6 Å². The number of methoxy groups -OCH3 is 1. The topological polar surface area (TPSA) is 64.9 Å². The van der Waals surface area contributed by atoms with Gasteiger partial charge in [0.05, 0.1) is 12.3 Å². The molecule has 2 rings (SSSR count). The van der Waals surface area contributed by atoms with Crippen molar-refractivity contribution in [1.82, 2.24) is 25.5 Å². The van der Waals surface area contributed by atoms with Crippen molar-refractivity contribution in [3.05, 3.63) is 30.3 Å². The molecule has 0 aliphatic heterocycles. The molecule has 0 saturated heterocycles. The highest BCUT2D eigenvalue weighted by atomic mass is 32.2. The van der Waals surface area contributed by atoms with Crippen LogP contribution in [0.25, 0.3) is 5.69 Å². The second-order valence-corrected chi connectivity index (χ2v) is 4.95. The van der Waals surface area contributed by atoms with Crippen LogP contribution >= 0.6 is 11.8 Å². The number of hydrogen-bond acceptors (Lipinski definition) is 6. The molecule has 0 fully saturated rings. The van der Waals surface area contributed by atoms with E-state index in [1.807, 2.05) is 37.4 Å². The number of tetrazole rings is 1. The molecule has 0 amide bonds. The van der Waals surface area contributed by atoms with Crippen LogP contribution in [0.3, 0.4) is 0 Å². The molecule has 7 heteroatoms. The Kier molecular flexibility index (Phi) is 5.31. The first-order chi connectivity index (χ1) is 9.35. The van der Waals surface area contributed by atoms with Gasteiger partial charge in [-0.25, -0.2) is 0 Å². The van der Waals surface area contributed by atoms with E-state index in [2.05, 4.69) is 20.8 Å². The fourth-order valence-electron chi connectivity index (χ4n) is 1.59. The van der Waals surface area contributed by atoms with Gasteiger partial charge in [0.1, 0.15) is 0 Å². The Morgan fingerprint density at radius 3 is 2.84 bits per heavy atom. The van der Waals surface area contributed by atoms with Crippen LogP contribution in [0.1, 0.15) is 0 Å². The van der Waals surface area contributed by atoms with Crippen LogP contribution in [0, 0.1) is 0 Å². The first kappa shape index (κ1) is 14.0. The molecular formula is C12H17N5OS. The number of aromatic nitrogens is 4. The Labute approximate surface area is 116 Å². The highest BCUT2D eigenvalue weighted by Gasteiger charge is 2.12. The third-order valence-corrected chi connectivity index (χ3v) is 3.71. The maximum atomic E-state index is 5.15. The van der Waals surface area contributed by atoms with Gasteiger partial charge in [-0.05, 0) is 29.6 Å². The molecule has 1 aromatic carbocycles. The summed E-state index contributed by atoms with van der Waals surface area (Å²) in [4.78, 5) is 0. The SMILES string of the molecule is CNC(COC)CSc1nnnn1-c1ccccc1. The predicted molar refractivity (Wildman–Crippen MR) is 74.6 cm³/mol. The van der Waals surface area contributed by atoms with Crippen molar-refractivity contribution in [2.24, 2.45) is 0 Å². The zero-order chi connectivity index (χ0) is 13.5. The molecule has 0 aliphatic carbocycles. The van der Waals surface area contributed by atoms with Crippen LogP contribution in [0.4, 0.5) is 0 Å². The lowest BCUT2D eigenvalue weighted by molar-refractivity contribution is 0.177. The third kappa shape index (κ3) is 3.76. The van der Waals surface area contributed by atoms with E-state index in [1.54, 1.807) is 23.6 Å². The molecular weight excluding hydrogens is 262 g/mol. The van der Waals surface area contributed by atoms with E-state index in [0.29, 0.717) is 6.61 Å². The standard InChI is InChI=1S/C12H17N5OS/c1-13-10(8-18-2)9-19-12-14-15-16-17(12)11-6-4-3-5-7-11/h3-7,10,13H,8-9H2,1-2H3. The van der Waals surface area contributed by atoms with E-state index in [4.69, 9.17) is 4.74 Å². The number of nitrogens with zero attached hydrogens (tertiary/aromatic N) is 4. The molecule has 0 saturated carbocycles. The average molecular weight is 279 g/mol. The zero-order valence-electron chi connectivity index (χ0n) is 11.0. The summed E-state index contributed by atoms with van der Waals surface area (Å²) in [5.41, 5.74) is 0.961. The van der Waals surface area contributed by atoms with Gasteiger partial charge >= 0.3 is 0 Å². The van der Waals surface area contributed by atoms with Gasteiger partial charge in [-0.1, -0.05) is 30.0 Å². The molecule has 1 unspecified atom stereocenters. The smallest absolute Gasteiger partial charge is 0.214 e. The second-order valence-electron chi connectivity index (χ2n) is 3.96. The minimum absolute atomic E-state index is 0.274. The first-order valence-electron chi connectivity index (χ1n) is 5.98. The van der Waals surface area contributed by atoms with E-state index in [-0.39, 0.29) is 6.04 Å². The molecule has 1 heterocycles. The number of hydrogen-bond donors (Lipinski definition) is 1. The summed E-state index contributed by atoms with van der Waals surface area (Å²) < 4.78 is 6.89. The lowest BCUT2D eigenvalue weighted by atomic mass is 10.3. The molecule has 1 N–H and O–H groups in total. The van der Waals surface area contributed by atoms with E-state index in [9.17, 15) is 0 Å². The van der Waals surface area contributed by atoms with Crippen LogP contribution < -0.4 is 5.32 Å². The summed E-state index contributed by atoms with van der Waals surface area (Å²) in [6.45, 7) is 0.663. The summed E-state index contributed by atoms with van der Waals surface area (Å²) in [6, 6.07) is 10.1. The Morgan fingerprint density at radius 1 is 1.37 bits per heavy atom. The van der Waals surface area contributed by atoms with Crippen LogP contribution in [0.5, 0.6) is 0 Å². The number of nitrogens with one attached hydrogen (secondary N) is 1. The van der Waals surface area contributed by atoms with Crippen LogP contribution in [-0.4, -0.2) is 52.8 Å². The van der Waals surface area contributed by atoms with Gasteiger partial charge in [0.2, 0.25) is 5.16 Å². The fourth-order valence-corrected chi connectivity index (χ4v) is 2.56. The Hall–Kier alpha value is -1.44. The van der Waals surface area contributed by atoms with Gasteiger partial charge in [-0.2, -0.15) is 4.68 Å². The van der Waals surface area contributed by atoms with Crippen LogP contribution in [0.15, 0.2) is 35.5 Å². The minimum atomic E-state index is 0.274. The average Bonchev–Trinajstić information content (AvgIpc) is 2.93. The summed E-state index contributed by atoms with van der Waals surface area (Å²) in [5, 5.41) is 15.8. The van der Waals surface area contributed by atoms with Gasteiger partial charge in [0.15, 0.2) is 0 Å². The third-order valence-electron chi connectivity index (χ3n) is 2.63. The van der Waals surface area contributed by atoms with Gasteiger partial charge in [-0.3, -0.25) is 0 Å². The molecule has 6 nitrogen and oxygen atoms in total. The largest absolute Gasteiger partial charge is 0.383 e. The summed E-state index contributed by atoms with van der Waals surface area (Å²) in [5.74, 6) is 0.845. The molecule has 0 spiro atoms. The van der Waals surface area contributed by atoms with Crippen molar-refractivity contribution >= 4 is 11.8 Å². The number of likely N-dealkylation sites (N-methyl/N-ethyl adjacent to an activating group) is 1. The van der Waals surface area contributed by atoms with Crippen molar-refractivity contribution in [3.63, 3.8) is 0 Å². The van der Waals surface area contributed by atoms with Gasteiger partial charge in [-0.15, -0.1) is 5.10 Å². The predicted octanol–water partition coefficient (Wildman–Crippen LogP) is 0.989.